The molecule has 28 heavy (non-hydrogen) atoms. The third-order valence-corrected chi connectivity index (χ3v) is 4.69. The van der Waals surface area contributed by atoms with Gasteiger partial charge in [-0.3, -0.25) is 9.59 Å². The molecule has 2 aromatic rings. The summed E-state index contributed by atoms with van der Waals surface area (Å²) >= 11 is 0. The van der Waals surface area contributed by atoms with Crippen molar-refractivity contribution < 1.29 is 22.7 Å². The van der Waals surface area contributed by atoms with Crippen molar-refractivity contribution in [1.29, 1.82) is 0 Å². The molecule has 0 aromatic heterocycles. The van der Waals surface area contributed by atoms with Gasteiger partial charge >= 0.3 is 0 Å². The Morgan fingerprint density at radius 1 is 1.07 bits per heavy atom. The number of benzene rings is 2. The van der Waals surface area contributed by atoms with Crippen LogP contribution in [0.1, 0.15) is 30.1 Å². The molecule has 0 aliphatic heterocycles. The quantitative estimate of drug-likeness (QED) is 0.549. The van der Waals surface area contributed by atoms with Gasteiger partial charge in [0.1, 0.15) is 5.75 Å². The van der Waals surface area contributed by atoms with Crippen LogP contribution < -0.4 is 20.5 Å². The Balaban J connectivity index is 1.77. The molecule has 0 heterocycles. The van der Waals surface area contributed by atoms with Crippen molar-refractivity contribution >= 4 is 27.5 Å². The van der Waals surface area contributed by atoms with Gasteiger partial charge in [-0.25, -0.2) is 13.6 Å². The second-order valence-electron chi connectivity index (χ2n) is 5.91. The van der Waals surface area contributed by atoms with Crippen LogP contribution in [0.15, 0.2) is 53.4 Å². The summed E-state index contributed by atoms with van der Waals surface area (Å²) in [5.41, 5.74) is 0.913. The summed E-state index contributed by atoms with van der Waals surface area (Å²) in [5.74, 6) is 0.0125. The number of amides is 2. The largest absolute Gasteiger partial charge is 0.493 e. The highest BCUT2D eigenvalue weighted by Gasteiger charge is 2.12. The van der Waals surface area contributed by atoms with E-state index in [4.69, 9.17) is 9.88 Å². The molecule has 0 atom stereocenters. The van der Waals surface area contributed by atoms with E-state index in [1.54, 1.807) is 24.3 Å². The van der Waals surface area contributed by atoms with Crippen molar-refractivity contribution in [2.75, 3.05) is 18.5 Å². The zero-order chi connectivity index (χ0) is 20.6. The molecule has 0 spiro atoms. The minimum Gasteiger partial charge on any atom is -0.493 e. The highest BCUT2D eigenvalue weighted by molar-refractivity contribution is 7.89. The Kier molecular flexibility index (Phi) is 7.53. The van der Waals surface area contributed by atoms with Crippen LogP contribution in [0.2, 0.25) is 0 Å². The lowest BCUT2D eigenvalue weighted by Gasteiger charge is -2.10. The smallest absolute Gasteiger partial charge is 0.255 e. The van der Waals surface area contributed by atoms with Gasteiger partial charge in [-0.1, -0.05) is 12.1 Å². The molecule has 0 saturated carbocycles. The molecule has 2 rings (SSSR count). The normalized spacial score (nSPS) is 10.9. The molecule has 9 heteroatoms. The number of nitrogens with one attached hydrogen (secondary N) is 2. The minimum atomic E-state index is -3.77. The molecule has 0 fully saturated rings. The maximum Gasteiger partial charge on any atom is 0.255 e. The van der Waals surface area contributed by atoms with E-state index >= 15 is 0 Å². The van der Waals surface area contributed by atoms with Gasteiger partial charge in [0.25, 0.3) is 5.91 Å². The number of ether oxygens (including phenoxy) is 1. The van der Waals surface area contributed by atoms with Gasteiger partial charge in [-0.15, -0.1) is 0 Å². The van der Waals surface area contributed by atoms with Gasteiger partial charge in [-0.05, 0) is 49.7 Å². The fraction of sp³-hybridized carbons (Fsp3) is 0.263. The monoisotopic (exact) mass is 405 g/mol. The first-order valence-corrected chi connectivity index (χ1v) is 10.3. The van der Waals surface area contributed by atoms with Crippen molar-refractivity contribution in [3.05, 3.63) is 54.1 Å². The lowest BCUT2D eigenvalue weighted by molar-refractivity contribution is -0.116. The molecule has 0 unspecified atom stereocenters. The predicted molar refractivity (Wildman–Crippen MR) is 106 cm³/mol. The van der Waals surface area contributed by atoms with Gasteiger partial charge in [0.05, 0.1) is 17.1 Å². The first kappa shape index (κ1) is 21.4. The maximum absolute atomic E-state index is 12.2. The first-order chi connectivity index (χ1) is 13.3. The molecule has 0 radical (unpaired) electrons. The van der Waals surface area contributed by atoms with E-state index < -0.39 is 10.0 Å². The third kappa shape index (κ3) is 6.36. The van der Waals surface area contributed by atoms with Crippen LogP contribution in [-0.2, 0) is 14.8 Å². The van der Waals surface area contributed by atoms with Crippen LogP contribution in [0.3, 0.4) is 0 Å². The molecule has 4 N–H and O–H groups in total. The number of carbonyl (C=O) groups excluding carboxylic acids is 2. The van der Waals surface area contributed by atoms with E-state index in [0.29, 0.717) is 36.6 Å². The molecule has 2 amide bonds. The van der Waals surface area contributed by atoms with Crippen LogP contribution in [0, 0.1) is 0 Å². The van der Waals surface area contributed by atoms with Gasteiger partial charge < -0.3 is 15.4 Å². The maximum atomic E-state index is 12.2. The highest BCUT2D eigenvalue weighted by Crippen LogP contribution is 2.17. The Labute approximate surface area is 164 Å². The third-order valence-electron chi connectivity index (χ3n) is 3.76. The lowest BCUT2D eigenvalue weighted by Crippen LogP contribution is -2.26. The highest BCUT2D eigenvalue weighted by atomic mass is 32.2. The minimum absolute atomic E-state index is 0.0273. The van der Waals surface area contributed by atoms with Crippen LogP contribution in [0.25, 0.3) is 0 Å². The Morgan fingerprint density at radius 3 is 2.39 bits per heavy atom. The summed E-state index contributed by atoms with van der Waals surface area (Å²) in [6.45, 7) is 2.63. The van der Waals surface area contributed by atoms with E-state index in [-0.39, 0.29) is 23.1 Å². The van der Waals surface area contributed by atoms with Crippen LogP contribution >= 0.6 is 0 Å². The Morgan fingerprint density at radius 2 is 1.75 bits per heavy atom. The van der Waals surface area contributed by atoms with E-state index in [0.717, 1.165) is 0 Å². The Hall–Kier alpha value is -2.91. The summed E-state index contributed by atoms with van der Waals surface area (Å²) in [7, 11) is -3.77. The molecule has 150 valence electrons. The number of hydrogen-bond donors (Lipinski definition) is 3. The molecule has 8 nitrogen and oxygen atoms in total. The zero-order valence-electron chi connectivity index (χ0n) is 15.5. The number of hydrogen-bond acceptors (Lipinski definition) is 5. The number of nitrogens with two attached hydrogens (primary N) is 1. The molecule has 0 bridgehead atoms. The summed E-state index contributed by atoms with van der Waals surface area (Å²) in [6.07, 6.45) is 0.647. The number of primary sulfonamides is 1. The van der Waals surface area contributed by atoms with Crippen LogP contribution in [-0.4, -0.2) is 33.4 Å². The summed E-state index contributed by atoms with van der Waals surface area (Å²) < 4.78 is 27.8. The van der Waals surface area contributed by atoms with Gasteiger partial charge in [0.15, 0.2) is 0 Å². The molecule has 2 aromatic carbocycles. The van der Waals surface area contributed by atoms with Crippen molar-refractivity contribution in [3.63, 3.8) is 0 Å². The van der Waals surface area contributed by atoms with Gasteiger partial charge in [0.2, 0.25) is 15.9 Å². The molecule has 0 aliphatic rings. The zero-order valence-corrected chi connectivity index (χ0v) is 16.3. The van der Waals surface area contributed by atoms with Crippen molar-refractivity contribution in [3.8, 4) is 5.75 Å². The number of sulfonamides is 1. The van der Waals surface area contributed by atoms with E-state index in [1.807, 2.05) is 6.92 Å². The summed E-state index contributed by atoms with van der Waals surface area (Å²) in [6, 6.07) is 12.5. The van der Waals surface area contributed by atoms with Crippen LogP contribution in [0.5, 0.6) is 5.75 Å². The lowest BCUT2D eigenvalue weighted by atomic mass is 10.2. The second-order valence-corrected chi connectivity index (χ2v) is 7.47. The van der Waals surface area contributed by atoms with E-state index in [2.05, 4.69) is 10.6 Å². The van der Waals surface area contributed by atoms with Crippen molar-refractivity contribution in [2.24, 2.45) is 5.14 Å². The topological polar surface area (TPSA) is 128 Å². The molecular weight excluding hydrogens is 382 g/mol. The van der Waals surface area contributed by atoms with Crippen molar-refractivity contribution in [2.45, 2.75) is 24.7 Å². The number of anilines is 1. The molecular formula is C19H23N3O5S. The van der Waals surface area contributed by atoms with Crippen LogP contribution in [0.4, 0.5) is 5.69 Å². The fourth-order valence-corrected chi connectivity index (χ4v) is 2.95. The number of para-hydroxylation sites is 1. The fourth-order valence-electron chi connectivity index (χ4n) is 2.43. The summed E-state index contributed by atoms with van der Waals surface area (Å²) in [5, 5.41) is 10.4. The SMILES string of the molecule is CCOc1ccccc1C(=O)NCCCC(=O)Nc1ccc(S(N)(=O)=O)cc1. The standard InChI is InChI=1S/C19H23N3O5S/c1-2-27-17-7-4-3-6-16(17)19(24)21-13-5-8-18(23)22-14-9-11-15(12-10-14)28(20,25)26/h3-4,6-7,9-12H,2,5,8,13H2,1H3,(H,21,24)(H,22,23)(H2,20,25,26). The molecule has 0 saturated heterocycles. The first-order valence-electron chi connectivity index (χ1n) is 8.74. The van der Waals surface area contributed by atoms with E-state index in [9.17, 15) is 18.0 Å². The van der Waals surface area contributed by atoms with Gasteiger partial charge in [0, 0.05) is 18.7 Å². The predicted octanol–water partition coefficient (Wildman–Crippen LogP) is 1.88. The van der Waals surface area contributed by atoms with Gasteiger partial charge in [-0.2, -0.15) is 0 Å². The average Bonchev–Trinajstić information content (AvgIpc) is 2.65. The number of carbonyl (C=O) groups is 2. The average molecular weight is 405 g/mol. The van der Waals surface area contributed by atoms with E-state index in [1.165, 1.54) is 24.3 Å². The summed E-state index contributed by atoms with van der Waals surface area (Å²) in [4.78, 5) is 24.2. The second kappa shape index (κ2) is 9.86. The Bertz CT molecular complexity index is 927. The van der Waals surface area contributed by atoms with Crippen molar-refractivity contribution in [1.82, 2.24) is 5.32 Å². The molecule has 0 aliphatic carbocycles. The number of rotatable bonds is 9.